The summed E-state index contributed by atoms with van der Waals surface area (Å²) in [6.07, 6.45) is 8.84. The van der Waals surface area contributed by atoms with Gasteiger partial charge in [-0.25, -0.2) is 0 Å². The van der Waals surface area contributed by atoms with Gasteiger partial charge in [-0.3, -0.25) is 9.78 Å². The minimum absolute atomic E-state index is 0.0156. The van der Waals surface area contributed by atoms with Crippen molar-refractivity contribution in [1.82, 2.24) is 9.88 Å². The maximum absolute atomic E-state index is 12.4. The van der Waals surface area contributed by atoms with Gasteiger partial charge in [0.15, 0.2) is 4.67 Å². The number of nitrogens with zero attached hydrogens (tertiary/aromatic N) is 2. The van der Waals surface area contributed by atoms with Crippen LogP contribution < -0.4 is 0 Å². The van der Waals surface area contributed by atoms with Crippen LogP contribution in [0.4, 0.5) is 0 Å². The average molecular weight is 347 g/mol. The van der Waals surface area contributed by atoms with Crippen LogP contribution in [0, 0.1) is 0 Å². The Bertz CT molecular complexity index is 651. The molecule has 0 aliphatic carbocycles. The van der Waals surface area contributed by atoms with Crippen molar-refractivity contribution in [3.63, 3.8) is 0 Å². The highest BCUT2D eigenvalue weighted by molar-refractivity contribution is 9.10. The molecule has 5 heteroatoms. The molecule has 1 amide bonds. The molecule has 1 aliphatic heterocycles. The first-order valence-electron chi connectivity index (χ1n) is 6.88. The number of hydrogen-bond donors (Lipinski definition) is 0. The van der Waals surface area contributed by atoms with Crippen molar-refractivity contribution in [2.45, 2.75) is 18.9 Å². The van der Waals surface area contributed by atoms with Gasteiger partial charge in [-0.1, -0.05) is 0 Å². The summed E-state index contributed by atoms with van der Waals surface area (Å²) in [6.45, 7) is 0.790. The van der Waals surface area contributed by atoms with E-state index in [9.17, 15) is 4.79 Å². The second-order valence-corrected chi connectivity index (χ2v) is 5.73. The molecule has 2 aromatic rings. The number of amides is 1. The Morgan fingerprint density at radius 1 is 1.33 bits per heavy atom. The van der Waals surface area contributed by atoms with Crippen LogP contribution in [0.15, 0.2) is 51.8 Å². The molecule has 0 saturated carbocycles. The topological polar surface area (TPSA) is 46.3 Å². The zero-order valence-electron chi connectivity index (χ0n) is 11.4. The number of rotatable bonds is 3. The first-order valence-corrected chi connectivity index (χ1v) is 7.67. The maximum Gasteiger partial charge on any atom is 0.247 e. The second-order valence-electron chi connectivity index (χ2n) is 4.95. The van der Waals surface area contributed by atoms with Gasteiger partial charge >= 0.3 is 0 Å². The van der Waals surface area contributed by atoms with E-state index < -0.39 is 0 Å². The average Bonchev–Trinajstić information content (AvgIpc) is 3.14. The van der Waals surface area contributed by atoms with Gasteiger partial charge in [0.1, 0.15) is 5.76 Å². The van der Waals surface area contributed by atoms with Crippen LogP contribution in [-0.4, -0.2) is 22.3 Å². The molecule has 4 nitrogen and oxygen atoms in total. The summed E-state index contributed by atoms with van der Waals surface area (Å²) < 4.78 is 6.02. The van der Waals surface area contributed by atoms with E-state index in [1.54, 1.807) is 30.6 Å². The number of halogens is 1. The van der Waals surface area contributed by atoms with Crippen molar-refractivity contribution in [2.24, 2.45) is 0 Å². The van der Waals surface area contributed by atoms with E-state index in [1.807, 2.05) is 23.1 Å². The largest absolute Gasteiger partial charge is 0.450 e. The van der Waals surface area contributed by atoms with Gasteiger partial charge in [0.25, 0.3) is 0 Å². The number of likely N-dealkylation sites (tertiary alicyclic amines) is 1. The quantitative estimate of drug-likeness (QED) is 0.793. The number of pyridine rings is 1. The van der Waals surface area contributed by atoms with E-state index in [0.29, 0.717) is 10.4 Å². The fourth-order valence-electron chi connectivity index (χ4n) is 2.63. The lowest BCUT2D eigenvalue weighted by Crippen LogP contribution is -2.28. The number of furan rings is 1. The predicted molar refractivity (Wildman–Crippen MR) is 83.4 cm³/mol. The minimum atomic E-state index is 0.0156. The lowest BCUT2D eigenvalue weighted by Gasteiger charge is -2.23. The summed E-state index contributed by atoms with van der Waals surface area (Å²) in [6, 6.07) is 7.72. The highest BCUT2D eigenvalue weighted by atomic mass is 79.9. The Hall–Kier alpha value is -1.88. The zero-order chi connectivity index (χ0) is 14.7. The Labute approximate surface area is 131 Å². The summed E-state index contributed by atoms with van der Waals surface area (Å²) >= 11 is 3.24. The third-order valence-electron chi connectivity index (χ3n) is 3.61. The van der Waals surface area contributed by atoms with Gasteiger partial charge in [0, 0.05) is 25.0 Å². The zero-order valence-corrected chi connectivity index (χ0v) is 13.0. The van der Waals surface area contributed by atoms with Gasteiger partial charge in [0.2, 0.25) is 5.91 Å². The van der Waals surface area contributed by atoms with E-state index in [4.69, 9.17) is 4.42 Å². The minimum Gasteiger partial charge on any atom is -0.450 e. The summed E-state index contributed by atoms with van der Waals surface area (Å²) in [7, 11) is 0. The molecular formula is C16H15BrN2O2. The van der Waals surface area contributed by atoms with Gasteiger partial charge in [0.05, 0.1) is 6.04 Å². The molecule has 0 aromatic carbocycles. The van der Waals surface area contributed by atoms with Crippen LogP contribution in [0.25, 0.3) is 6.08 Å². The number of aromatic nitrogens is 1. The standard InChI is InChI=1S/C16H15BrN2O2/c17-15-5-3-13(21-15)4-6-16(20)19-11-1-2-14(19)12-7-9-18-10-8-12/h3-10,14H,1-2,11H2/b6-4+/t14-/m0/s1. The van der Waals surface area contributed by atoms with Crippen molar-refractivity contribution < 1.29 is 9.21 Å². The second kappa shape index (κ2) is 6.26. The van der Waals surface area contributed by atoms with E-state index in [0.717, 1.165) is 24.9 Å². The van der Waals surface area contributed by atoms with Crippen molar-refractivity contribution in [2.75, 3.05) is 6.54 Å². The lowest BCUT2D eigenvalue weighted by atomic mass is 10.1. The predicted octanol–water partition coefficient (Wildman–Crippen LogP) is 3.81. The molecule has 0 unspecified atom stereocenters. The molecule has 2 aromatic heterocycles. The van der Waals surface area contributed by atoms with Crippen molar-refractivity contribution >= 4 is 27.9 Å². The summed E-state index contributed by atoms with van der Waals surface area (Å²) in [5.74, 6) is 0.678. The number of carbonyl (C=O) groups is 1. The van der Waals surface area contributed by atoms with Crippen LogP contribution in [0.5, 0.6) is 0 Å². The molecule has 1 atom stereocenters. The highest BCUT2D eigenvalue weighted by Gasteiger charge is 2.28. The Morgan fingerprint density at radius 3 is 2.86 bits per heavy atom. The fraction of sp³-hybridized carbons (Fsp3) is 0.250. The molecular weight excluding hydrogens is 332 g/mol. The van der Waals surface area contributed by atoms with E-state index >= 15 is 0 Å². The Balaban J connectivity index is 1.73. The molecule has 1 fully saturated rings. The fourth-order valence-corrected chi connectivity index (χ4v) is 2.95. The maximum atomic E-state index is 12.4. The molecule has 0 radical (unpaired) electrons. The van der Waals surface area contributed by atoms with Gasteiger partial charge < -0.3 is 9.32 Å². The van der Waals surface area contributed by atoms with E-state index in [-0.39, 0.29) is 11.9 Å². The van der Waals surface area contributed by atoms with Crippen LogP contribution in [0.3, 0.4) is 0 Å². The monoisotopic (exact) mass is 346 g/mol. The molecule has 1 aliphatic rings. The number of hydrogen-bond acceptors (Lipinski definition) is 3. The first kappa shape index (κ1) is 14.1. The lowest BCUT2D eigenvalue weighted by molar-refractivity contribution is -0.126. The smallest absolute Gasteiger partial charge is 0.247 e. The van der Waals surface area contributed by atoms with Crippen LogP contribution in [0.2, 0.25) is 0 Å². The number of carbonyl (C=O) groups excluding carboxylic acids is 1. The van der Waals surface area contributed by atoms with Crippen LogP contribution in [0.1, 0.15) is 30.2 Å². The van der Waals surface area contributed by atoms with Crippen molar-refractivity contribution in [3.05, 3.63) is 58.7 Å². The summed E-state index contributed by atoms with van der Waals surface area (Å²) in [4.78, 5) is 18.3. The van der Waals surface area contributed by atoms with Gasteiger partial charge in [-0.2, -0.15) is 0 Å². The Kier molecular flexibility index (Phi) is 4.20. The summed E-state index contributed by atoms with van der Waals surface area (Å²) in [5.41, 5.74) is 1.14. The third kappa shape index (κ3) is 3.24. The van der Waals surface area contributed by atoms with Crippen molar-refractivity contribution in [1.29, 1.82) is 0 Å². The SMILES string of the molecule is O=C(/C=C/c1ccc(Br)o1)N1CCC[C@H]1c1ccncc1. The molecule has 1 saturated heterocycles. The molecule has 0 bridgehead atoms. The Morgan fingerprint density at radius 2 is 2.14 bits per heavy atom. The highest BCUT2D eigenvalue weighted by Crippen LogP contribution is 2.31. The third-order valence-corrected chi connectivity index (χ3v) is 4.04. The van der Waals surface area contributed by atoms with E-state index in [2.05, 4.69) is 20.9 Å². The molecule has 0 N–H and O–H groups in total. The van der Waals surface area contributed by atoms with Gasteiger partial charge in [-0.05, 0) is 64.7 Å². The van der Waals surface area contributed by atoms with E-state index in [1.165, 1.54) is 0 Å². The molecule has 0 spiro atoms. The molecule has 108 valence electrons. The van der Waals surface area contributed by atoms with Crippen LogP contribution in [-0.2, 0) is 4.79 Å². The molecule has 3 rings (SSSR count). The normalized spacial score (nSPS) is 18.5. The molecule has 3 heterocycles. The first-order chi connectivity index (χ1) is 10.2. The van der Waals surface area contributed by atoms with Gasteiger partial charge in [-0.15, -0.1) is 0 Å². The molecule has 21 heavy (non-hydrogen) atoms. The van der Waals surface area contributed by atoms with Crippen molar-refractivity contribution in [3.8, 4) is 0 Å². The summed E-state index contributed by atoms with van der Waals surface area (Å²) in [5, 5.41) is 0. The van der Waals surface area contributed by atoms with Crippen LogP contribution >= 0.6 is 15.9 Å².